The summed E-state index contributed by atoms with van der Waals surface area (Å²) in [6.45, 7) is 0. The molecule has 0 atom stereocenters. The van der Waals surface area contributed by atoms with Gasteiger partial charge in [0.15, 0.2) is 0 Å². The fourth-order valence-corrected chi connectivity index (χ4v) is 5.45. The van der Waals surface area contributed by atoms with Crippen molar-refractivity contribution in [2.45, 2.75) is 25.7 Å². The van der Waals surface area contributed by atoms with E-state index in [0.29, 0.717) is 32.6 Å². The topological polar surface area (TPSA) is 76.7 Å². The van der Waals surface area contributed by atoms with Crippen LogP contribution in [0, 0.1) is 0 Å². The second-order valence-corrected chi connectivity index (χ2v) is 8.92. The molecule has 2 amide bonds. The minimum Gasteiger partial charge on any atom is -0.497 e. The van der Waals surface area contributed by atoms with Gasteiger partial charge in [-0.2, -0.15) is 0 Å². The molecule has 0 saturated carbocycles. The van der Waals surface area contributed by atoms with Gasteiger partial charge < -0.3 is 20.1 Å². The van der Waals surface area contributed by atoms with Crippen LogP contribution in [-0.4, -0.2) is 26.0 Å². The van der Waals surface area contributed by atoms with Gasteiger partial charge in [0.1, 0.15) is 16.5 Å². The van der Waals surface area contributed by atoms with E-state index in [-0.39, 0.29) is 11.8 Å². The van der Waals surface area contributed by atoms with E-state index in [1.54, 1.807) is 38.5 Å². The number of fused-ring (bicyclic) bond motifs is 1. The minimum absolute atomic E-state index is 0.195. The molecule has 0 unspecified atom stereocenters. The van der Waals surface area contributed by atoms with Crippen LogP contribution >= 0.6 is 22.7 Å². The van der Waals surface area contributed by atoms with E-state index in [2.05, 4.69) is 10.6 Å². The van der Waals surface area contributed by atoms with Crippen LogP contribution in [0.15, 0.2) is 35.7 Å². The van der Waals surface area contributed by atoms with Crippen molar-refractivity contribution in [2.75, 3.05) is 24.9 Å². The lowest BCUT2D eigenvalue weighted by Gasteiger charge is -2.15. The number of carbonyl (C=O) groups is 2. The lowest BCUT2D eigenvalue weighted by Crippen LogP contribution is -2.18. The van der Waals surface area contributed by atoms with Crippen LogP contribution in [0.5, 0.6) is 11.5 Å². The van der Waals surface area contributed by atoms with Crippen molar-refractivity contribution in [3.8, 4) is 11.5 Å². The number of carbonyl (C=O) groups excluding carboxylic acids is 2. The van der Waals surface area contributed by atoms with Gasteiger partial charge in [-0.05, 0) is 54.8 Å². The highest BCUT2D eigenvalue weighted by atomic mass is 32.1. The Morgan fingerprint density at radius 2 is 1.83 bits per heavy atom. The lowest BCUT2D eigenvalue weighted by molar-refractivity contribution is 0.102. The molecular formula is C22H22N2O4S2. The van der Waals surface area contributed by atoms with Crippen molar-refractivity contribution in [1.29, 1.82) is 0 Å². The van der Waals surface area contributed by atoms with Crippen molar-refractivity contribution in [3.05, 3.63) is 56.6 Å². The molecule has 4 rings (SSSR count). The van der Waals surface area contributed by atoms with Crippen LogP contribution in [0.1, 0.15) is 43.3 Å². The molecule has 0 bridgehead atoms. The van der Waals surface area contributed by atoms with Gasteiger partial charge in [-0.1, -0.05) is 6.07 Å². The number of benzene rings is 1. The van der Waals surface area contributed by atoms with Crippen LogP contribution in [-0.2, 0) is 12.8 Å². The zero-order valence-corrected chi connectivity index (χ0v) is 18.4. The average Bonchev–Trinajstić information content (AvgIpc) is 3.41. The zero-order chi connectivity index (χ0) is 21.1. The van der Waals surface area contributed by atoms with Crippen molar-refractivity contribution in [1.82, 2.24) is 0 Å². The molecule has 8 heteroatoms. The molecule has 3 aromatic rings. The number of rotatable bonds is 6. The quantitative estimate of drug-likeness (QED) is 0.549. The Balaban J connectivity index is 1.66. The molecule has 0 spiro atoms. The largest absolute Gasteiger partial charge is 0.497 e. The molecule has 1 aliphatic rings. The molecule has 156 valence electrons. The molecule has 0 saturated heterocycles. The summed E-state index contributed by atoms with van der Waals surface area (Å²) < 4.78 is 10.6. The highest BCUT2D eigenvalue weighted by molar-refractivity contribution is 7.17. The Morgan fingerprint density at radius 3 is 2.57 bits per heavy atom. The van der Waals surface area contributed by atoms with E-state index in [1.165, 1.54) is 27.6 Å². The van der Waals surface area contributed by atoms with E-state index >= 15 is 0 Å². The Kier molecular flexibility index (Phi) is 6.06. The molecule has 1 aliphatic carbocycles. The first kappa shape index (κ1) is 20.4. The highest BCUT2D eigenvalue weighted by Crippen LogP contribution is 2.39. The Bertz CT molecular complexity index is 1070. The van der Waals surface area contributed by atoms with Gasteiger partial charge >= 0.3 is 0 Å². The number of methoxy groups -OCH3 is 2. The number of hydrogen-bond acceptors (Lipinski definition) is 6. The number of aryl methyl sites for hydroxylation is 1. The van der Waals surface area contributed by atoms with Gasteiger partial charge in [-0.3, -0.25) is 9.59 Å². The predicted molar refractivity (Wildman–Crippen MR) is 121 cm³/mol. The molecule has 0 aliphatic heterocycles. The molecule has 1 aromatic carbocycles. The second-order valence-electron chi connectivity index (χ2n) is 6.87. The summed E-state index contributed by atoms with van der Waals surface area (Å²) in [6, 6.07) is 8.84. The van der Waals surface area contributed by atoms with Crippen molar-refractivity contribution < 1.29 is 19.1 Å². The monoisotopic (exact) mass is 442 g/mol. The van der Waals surface area contributed by atoms with Gasteiger partial charge in [0.05, 0.1) is 30.3 Å². The molecule has 0 radical (unpaired) electrons. The summed E-state index contributed by atoms with van der Waals surface area (Å²) in [5.74, 6) is 0.705. The third kappa shape index (κ3) is 4.06. The Hall–Kier alpha value is -2.84. The third-order valence-corrected chi connectivity index (χ3v) is 7.10. The summed E-state index contributed by atoms with van der Waals surface area (Å²) in [4.78, 5) is 27.7. The van der Waals surface area contributed by atoms with Crippen LogP contribution < -0.4 is 20.1 Å². The summed E-state index contributed by atoms with van der Waals surface area (Å²) in [5.41, 5.74) is 2.14. The zero-order valence-electron chi connectivity index (χ0n) is 16.7. The minimum atomic E-state index is -0.251. The van der Waals surface area contributed by atoms with Gasteiger partial charge in [0.25, 0.3) is 11.8 Å². The van der Waals surface area contributed by atoms with Crippen LogP contribution in [0.25, 0.3) is 0 Å². The standard InChI is InChI=1S/C22H22N2O4S2/c1-27-13-9-10-15(16(12-13)28-2)23-21(26)19-14-6-3-4-7-17(14)30-22(19)24-20(25)18-8-5-11-29-18/h5,8-12H,3-4,6-7H2,1-2H3,(H,23,26)(H,24,25). The fourth-order valence-electron chi connectivity index (χ4n) is 3.55. The maximum Gasteiger partial charge on any atom is 0.266 e. The van der Waals surface area contributed by atoms with E-state index in [1.807, 2.05) is 11.4 Å². The number of nitrogens with one attached hydrogen (secondary N) is 2. The van der Waals surface area contributed by atoms with E-state index in [9.17, 15) is 9.59 Å². The van der Waals surface area contributed by atoms with Crippen molar-refractivity contribution in [2.24, 2.45) is 0 Å². The summed E-state index contributed by atoms with van der Waals surface area (Å²) in [5, 5.41) is 8.37. The first-order valence-electron chi connectivity index (χ1n) is 9.63. The highest BCUT2D eigenvalue weighted by Gasteiger charge is 2.27. The third-order valence-electron chi connectivity index (χ3n) is 5.03. The van der Waals surface area contributed by atoms with Crippen LogP contribution in [0.2, 0.25) is 0 Å². The maximum absolute atomic E-state index is 13.3. The predicted octanol–water partition coefficient (Wildman–Crippen LogP) is 5.21. The normalized spacial score (nSPS) is 12.7. The van der Waals surface area contributed by atoms with Gasteiger partial charge in [0.2, 0.25) is 0 Å². The number of thiophene rings is 2. The molecule has 30 heavy (non-hydrogen) atoms. The number of amides is 2. The number of ether oxygens (including phenoxy) is 2. The Morgan fingerprint density at radius 1 is 1.00 bits per heavy atom. The average molecular weight is 443 g/mol. The molecule has 2 N–H and O–H groups in total. The number of hydrogen-bond donors (Lipinski definition) is 2. The molecule has 2 heterocycles. The van der Waals surface area contributed by atoms with E-state index in [0.717, 1.165) is 31.2 Å². The first-order chi connectivity index (χ1) is 14.6. The van der Waals surface area contributed by atoms with Crippen molar-refractivity contribution in [3.63, 3.8) is 0 Å². The molecular weight excluding hydrogens is 420 g/mol. The SMILES string of the molecule is COc1ccc(NC(=O)c2c(NC(=O)c3cccs3)sc3c2CCCC3)c(OC)c1. The molecule has 6 nitrogen and oxygen atoms in total. The molecule has 2 aromatic heterocycles. The van der Waals surface area contributed by atoms with Gasteiger partial charge in [-0.25, -0.2) is 0 Å². The number of anilines is 2. The maximum atomic E-state index is 13.3. The fraction of sp³-hybridized carbons (Fsp3) is 0.273. The van der Waals surface area contributed by atoms with E-state index < -0.39 is 0 Å². The van der Waals surface area contributed by atoms with Gasteiger partial charge in [0, 0.05) is 10.9 Å². The second kappa shape index (κ2) is 8.89. The molecule has 0 fully saturated rings. The van der Waals surface area contributed by atoms with Crippen LogP contribution in [0.4, 0.5) is 10.7 Å². The van der Waals surface area contributed by atoms with Crippen LogP contribution in [0.3, 0.4) is 0 Å². The summed E-state index contributed by atoms with van der Waals surface area (Å²) in [7, 11) is 3.12. The first-order valence-corrected chi connectivity index (χ1v) is 11.3. The van der Waals surface area contributed by atoms with E-state index in [4.69, 9.17) is 9.47 Å². The van der Waals surface area contributed by atoms with Gasteiger partial charge in [-0.15, -0.1) is 22.7 Å². The summed E-state index contributed by atoms with van der Waals surface area (Å²) >= 11 is 2.88. The smallest absolute Gasteiger partial charge is 0.266 e. The lowest BCUT2D eigenvalue weighted by atomic mass is 9.95. The van der Waals surface area contributed by atoms with Crippen molar-refractivity contribution >= 4 is 45.2 Å². The summed E-state index contributed by atoms with van der Waals surface area (Å²) in [6.07, 6.45) is 3.90. The Labute approximate surface area is 182 Å².